The van der Waals surface area contributed by atoms with Crippen LogP contribution in [0, 0.1) is 6.92 Å². The van der Waals surface area contributed by atoms with Crippen molar-refractivity contribution in [3.8, 4) is 11.5 Å². The van der Waals surface area contributed by atoms with E-state index in [-0.39, 0.29) is 0 Å². The SMILES string of the molecule is COc1cc(Nc2nc(C)cc(NCCCN(C)C)n2)c(OC)cc1Cl. The zero-order chi connectivity index (χ0) is 19.1. The molecule has 8 heteroatoms. The molecule has 1 heterocycles. The van der Waals surface area contributed by atoms with Gasteiger partial charge in [0.1, 0.15) is 17.3 Å². The smallest absolute Gasteiger partial charge is 0.229 e. The number of halogens is 1. The van der Waals surface area contributed by atoms with Crippen molar-refractivity contribution in [2.45, 2.75) is 13.3 Å². The molecule has 1 aromatic heterocycles. The summed E-state index contributed by atoms with van der Waals surface area (Å²) < 4.78 is 10.7. The monoisotopic (exact) mass is 379 g/mol. The Hall–Kier alpha value is -2.25. The predicted molar refractivity (Wildman–Crippen MR) is 106 cm³/mol. The van der Waals surface area contributed by atoms with Crippen LogP contribution in [-0.2, 0) is 0 Å². The Kier molecular flexibility index (Phi) is 7.29. The van der Waals surface area contributed by atoms with Gasteiger partial charge in [-0.2, -0.15) is 4.98 Å². The first-order valence-corrected chi connectivity index (χ1v) is 8.73. The standard InChI is InChI=1S/C18H26ClN5O2/c1-12-9-17(20-7-6-8-24(2)3)23-18(21-12)22-14-11-15(25-4)13(19)10-16(14)26-5/h9-11H,6-8H2,1-5H3,(H2,20,21,22,23). The molecule has 0 saturated heterocycles. The minimum absolute atomic E-state index is 0.475. The Morgan fingerprint density at radius 3 is 2.46 bits per heavy atom. The first-order chi connectivity index (χ1) is 12.4. The average molecular weight is 380 g/mol. The van der Waals surface area contributed by atoms with Gasteiger partial charge in [0.05, 0.1) is 24.9 Å². The van der Waals surface area contributed by atoms with Gasteiger partial charge in [0, 0.05) is 30.4 Å². The lowest BCUT2D eigenvalue weighted by molar-refractivity contribution is 0.405. The first kappa shape index (κ1) is 20.1. The third-order valence-electron chi connectivity index (χ3n) is 3.66. The van der Waals surface area contributed by atoms with Crippen LogP contribution in [0.3, 0.4) is 0 Å². The molecule has 142 valence electrons. The normalized spacial score (nSPS) is 10.7. The summed E-state index contributed by atoms with van der Waals surface area (Å²) in [5.74, 6) is 2.38. The molecule has 0 radical (unpaired) electrons. The third-order valence-corrected chi connectivity index (χ3v) is 3.96. The number of methoxy groups -OCH3 is 2. The number of hydrogen-bond donors (Lipinski definition) is 2. The van der Waals surface area contributed by atoms with Gasteiger partial charge in [-0.3, -0.25) is 0 Å². The van der Waals surface area contributed by atoms with Crippen molar-refractivity contribution in [2.24, 2.45) is 0 Å². The maximum atomic E-state index is 6.15. The molecule has 7 nitrogen and oxygen atoms in total. The van der Waals surface area contributed by atoms with Crippen LogP contribution < -0.4 is 20.1 Å². The zero-order valence-corrected chi connectivity index (χ0v) is 16.6. The van der Waals surface area contributed by atoms with E-state index in [2.05, 4.69) is 39.6 Å². The van der Waals surface area contributed by atoms with Gasteiger partial charge < -0.3 is 25.0 Å². The number of ether oxygens (including phenoxy) is 2. The van der Waals surface area contributed by atoms with Crippen molar-refractivity contribution < 1.29 is 9.47 Å². The van der Waals surface area contributed by atoms with E-state index in [1.165, 1.54) is 0 Å². The van der Waals surface area contributed by atoms with Crippen molar-refractivity contribution in [3.05, 3.63) is 28.9 Å². The Morgan fingerprint density at radius 1 is 1.08 bits per heavy atom. The fourth-order valence-corrected chi connectivity index (χ4v) is 2.64. The number of hydrogen-bond acceptors (Lipinski definition) is 7. The molecule has 0 aliphatic heterocycles. The van der Waals surface area contributed by atoms with Crippen LogP contribution in [0.25, 0.3) is 0 Å². The van der Waals surface area contributed by atoms with Gasteiger partial charge in [-0.15, -0.1) is 0 Å². The van der Waals surface area contributed by atoms with Gasteiger partial charge >= 0.3 is 0 Å². The molecule has 0 spiro atoms. The number of nitrogens with one attached hydrogen (secondary N) is 2. The molecule has 26 heavy (non-hydrogen) atoms. The largest absolute Gasteiger partial charge is 0.495 e. The highest BCUT2D eigenvalue weighted by molar-refractivity contribution is 6.32. The first-order valence-electron chi connectivity index (χ1n) is 8.35. The van der Waals surface area contributed by atoms with Crippen molar-refractivity contribution in [1.29, 1.82) is 0 Å². The molecule has 0 saturated carbocycles. The third kappa shape index (κ3) is 5.64. The lowest BCUT2D eigenvalue weighted by atomic mass is 10.2. The highest BCUT2D eigenvalue weighted by atomic mass is 35.5. The molecular weight excluding hydrogens is 354 g/mol. The average Bonchev–Trinajstić information content (AvgIpc) is 2.59. The Balaban J connectivity index is 2.16. The van der Waals surface area contributed by atoms with Crippen LogP contribution >= 0.6 is 11.6 Å². The Bertz CT molecular complexity index is 740. The highest BCUT2D eigenvalue weighted by Crippen LogP contribution is 2.36. The topological polar surface area (TPSA) is 71.5 Å². The molecule has 0 fully saturated rings. The number of rotatable bonds is 9. The molecule has 0 atom stereocenters. The Morgan fingerprint density at radius 2 is 1.81 bits per heavy atom. The number of anilines is 3. The van der Waals surface area contributed by atoms with Crippen LogP contribution in [0.15, 0.2) is 18.2 Å². The summed E-state index contributed by atoms with van der Waals surface area (Å²) in [5.41, 5.74) is 1.54. The summed E-state index contributed by atoms with van der Waals surface area (Å²) in [5, 5.41) is 6.99. The highest BCUT2D eigenvalue weighted by Gasteiger charge is 2.12. The summed E-state index contributed by atoms with van der Waals surface area (Å²) in [6, 6.07) is 5.37. The van der Waals surface area contributed by atoms with E-state index >= 15 is 0 Å². The predicted octanol–water partition coefficient (Wildman–Crippen LogP) is 3.56. The fraction of sp³-hybridized carbons (Fsp3) is 0.444. The second kappa shape index (κ2) is 9.45. The van der Waals surface area contributed by atoms with Gasteiger partial charge in [0.2, 0.25) is 5.95 Å². The van der Waals surface area contributed by atoms with Gasteiger partial charge in [-0.25, -0.2) is 4.98 Å². The summed E-state index contributed by atoms with van der Waals surface area (Å²) in [4.78, 5) is 11.1. The quantitative estimate of drug-likeness (QED) is 0.645. The van der Waals surface area contributed by atoms with E-state index in [4.69, 9.17) is 21.1 Å². The molecule has 2 N–H and O–H groups in total. The number of nitrogens with zero attached hydrogens (tertiary/aromatic N) is 3. The molecule has 0 bridgehead atoms. The molecule has 0 amide bonds. The van der Waals surface area contributed by atoms with Crippen molar-refractivity contribution in [3.63, 3.8) is 0 Å². The minimum atomic E-state index is 0.475. The van der Waals surface area contributed by atoms with Crippen LogP contribution in [0.4, 0.5) is 17.5 Å². The van der Waals surface area contributed by atoms with Crippen LogP contribution in [0.2, 0.25) is 5.02 Å². The summed E-state index contributed by atoms with van der Waals surface area (Å²) in [6.45, 7) is 3.79. The molecule has 0 unspecified atom stereocenters. The van der Waals surface area contributed by atoms with E-state index in [1.807, 2.05) is 13.0 Å². The summed E-state index contributed by atoms with van der Waals surface area (Å²) in [6.07, 6.45) is 1.03. The van der Waals surface area contributed by atoms with Crippen molar-refractivity contribution >= 4 is 29.1 Å². The van der Waals surface area contributed by atoms with E-state index < -0.39 is 0 Å². The molecule has 2 aromatic rings. The second-order valence-electron chi connectivity index (χ2n) is 6.11. The Labute approximate surface area is 159 Å². The lowest BCUT2D eigenvalue weighted by Crippen LogP contribution is -2.17. The van der Waals surface area contributed by atoms with Crippen molar-refractivity contribution in [2.75, 3.05) is 52.0 Å². The molecule has 0 aliphatic rings. The van der Waals surface area contributed by atoms with Crippen LogP contribution in [0.1, 0.15) is 12.1 Å². The van der Waals surface area contributed by atoms with Crippen LogP contribution in [-0.4, -0.2) is 56.3 Å². The fourth-order valence-electron chi connectivity index (χ4n) is 2.41. The van der Waals surface area contributed by atoms with E-state index in [1.54, 1.807) is 26.4 Å². The summed E-state index contributed by atoms with van der Waals surface area (Å²) >= 11 is 6.15. The maximum absolute atomic E-state index is 6.15. The van der Waals surface area contributed by atoms with Crippen LogP contribution in [0.5, 0.6) is 11.5 Å². The van der Waals surface area contributed by atoms with Gasteiger partial charge in [-0.1, -0.05) is 11.6 Å². The van der Waals surface area contributed by atoms with Gasteiger partial charge in [0.25, 0.3) is 0 Å². The number of benzene rings is 1. The van der Waals surface area contributed by atoms with Crippen molar-refractivity contribution in [1.82, 2.24) is 14.9 Å². The molecule has 1 aromatic carbocycles. The lowest BCUT2D eigenvalue weighted by Gasteiger charge is -2.14. The molecule has 2 rings (SSSR count). The summed E-state index contributed by atoms with van der Waals surface area (Å²) in [7, 11) is 7.27. The van der Waals surface area contributed by atoms with E-state index in [0.717, 1.165) is 31.0 Å². The minimum Gasteiger partial charge on any atom is -0.495 e. The van der Waals surface area contributed by atoms with Gasteiger partial charge in [0.15, 0.2) is 0 Å². The zero-order valence-electron chi connectivity index (χ0n) is 15.9. The number of aromatic nitrogens is 2. The van der Waals surface area contributed by atoms with E-state index in [0.29, 0.717) is 28.2 Å². The molecular formula is C18H26ClN5O2. The maximum Gasteiger partial charge on any atom is 0.229 e. The van der Waals surface area contributed by atoms with Gasteiger partial charge in [-0.05, 0) is 34.0 Å². The second-order valence-corrected chi connectivity index (χ2v) is 6.52. The van der Waals surface area contributed by atoms with E-state index in [9.17, 15) is 0 Å². The molecule has 0 aliphatic carbocycles. The number of aryl methyl sites for hydroxylation is 1.